The van der Waals surface area contributed by atoms with Crippen molar-refractivity contribution >= 4 is 29.4 Å². The van der Waals surface area contributed by atoms with Crippen molar-refractivity contribution in [3.8, 4) is 0 Å². The first-order valence-electron chi connectivity index (χ1n) is 5.96. The molecule has 0 aromatic heterocycles. The lowest BCUT2D eigenvalue weighted by Crippen LogP contribution is -2.19. The lowest BCUT2D eigenvalue weighted by Gasteiger charge is -2.07. The van der Waals surface area contributed by atoms with Crippen LogP contribution in [0.4, 0.5) is 21.9 Å². The monoisotopic (exact) mass is 285 g/mol. The van der Waals surface area contributed by atoms with Crippen LogP contribution in [0.15, 0.2) is 48.5 Å². The Morgan fingerprint density at radius 1 is 1.05 bits per heavy atom. The number of carbonyl (C=O) groups is 2. The number of amides is 2. The van der Waals surface area contributed by atoms with Gasteiger partial charge in [0.05, 0.1) is 4.92 Å². The smallest absolute Gasteiger partial charge is 0.308 e. The molecule has 0 heterocycles. The minimum atomic E-state index is -0.519. The fourth-order valence-electron chi connectivity index (χ4n) is 1.65. The minimum Gasteiger partial charge on any atom is -0.308 e. The highest BCUT2D eigenvalue weighted by atomic mass is 16.6. The fourth-order valence-corrected chi connectivity index (χ4v) is 1.65. The number of nitro groups is 1. The molecule has 0 aliphatic carbocycles. The maximum absolute atomic E-state index is 11.8. The number of hydrogen-bond donors (Lipinski definition) is 2. The first-order chi connectivity index (χ1) is 10.1. The average molecular weight is 285 g/mol. The number of urea groups is 1. The van der Waals surface area contributed by atoms with Crippen molar-refractivity contribution in [1.82, 2.24) is 0 Å². The summed E-state index contributed by atoms with van der Waals surface area (Å²) < 4.78 is 0. The summed E-state index contributed by atoms with van der Waals surface area (Å²) in [5.41, 5.74) is 1.28. The predicted molar refractivity (Wildman–Crippen MR) is 77.6 cm³/mol. The van der Waals surface area contributed by atoms with E-state index in [0.29, 0.717) is 23.2 Å². The fraction of sp³-hybridized carbons (Fsp3) is 0. The first-order valence-corrected chi connectivity index (χ1v) is 5.96. The Hall–Kier alpha value is -3.22. The van der Waals surface area contributed by atoms with Gasteiger partial charge in [-0.15, -0.1) is 0 Å². The van der Waals surface area contributed by atoms with E-state index in [-0.39, 0.29) is 5.69 Å². The molecular weight excluding hydrogens is 274 g/mol. The second kappa shape index (κ2) is 6.29. The van der Waals surface area contributed by atoms with Crippen molar-refractivity contribution in [2.75, 3.05) is 10.6 Å². The zero-order chi connectivity index (χ0) is 15.2. The van der Waals surface area contributed by atoms with E-state index in [1.807, 2.05) is 0 Å². The molecule has 0 atom stereocenters. The highest BCUT2D eigenvalue weighted by Gasteiger charge is 2.06. The molecule has 0 bridgehead atoms. The third kappa shape index (κ3) is 3.87. The minimum absolute atomic E-state index is 0.0559. The van der Waals surface area contributed by atoms with Gasteiger partial charge in [-0.05, 0) is 24.3 Å². The Morgan fingerprint density at radius 3 is 2.33 bits per heavy atom. The van der Waals surface area contributed by atoms with E-state index < -0.39 is 11.0 Å². The molecule has 0 saturated heterocycles. The number of benzene rings is 2. The zero-order valence-corrected chi connectivity index (χ0v) is 10.8. The summed E-state index contributed by atoms with van der Waals surface area (Å²) in [5, 5.41) is 15.6. The van der Waals surface area contributed by atoms with Crippen LogP contribution in [-0.4, -0.2) is 17.2 Å². The molecule has 0 aliphatic heterocycles. The van der Waals surface area contributed by atoms with Gasteiger partial charge in [0.1, 0.15) is 6.29 Å². The highest BCUT2D eigenvalue weighted by molar-refractivity contribution is 6.00. The van der Waals surface area contributed by atoms with Crippen LogP contribution in [0, 0.1) is 10.1 Å². The molecule has 0 fully saturated rings. The molecule has 0 spiro atoms. The van der Waals surface area contributed by atoms with Crippen LogP contribution >= 0.6 is 0 Å². The van der Waals surface area contributed by atoms with E-state index in [1.54, 1.807) is 18.2 Å². The van der Waals surface area contributed by atoms with Crippen LogP contribution in [-0.2, 0) is 0 Å². The third-order valence-electron chi connectivity index (χ3n) is 2.62. The number of nitrogens with zero attached hydrogens (tertiary/aromatic N) is 1. The van der Waals surface area contributed by atoms with Crippen LogP contribution in [0.5, 0.6) is 0 Å². The van der Waals surface area contributed by atoms with Crippen LogP contribution < -0.4 is 10.6 Å². The van der Waals surface area contributed by atoms with Gasteiger partial charge in [0.25, 0.3) is 5.69 Å². The predicted octanol–water partition coefficient (Wildman–Crippen LogP) is 3.05. The molecule has 0 radical (unpaired) electrons. The van der Waals surface area contributed by atoms with E-state index in [9.17, 15) is 19.7 Å². The Bertz CT molecular complexity index is 683. The summed E-state index contributed by atoms with van der Waals surface area (Å²) in [7, 11) is 0. The van der Waals surface area contributed by atoms with Crippen molar-refractivity contribution < 1.29 is 14.5 Å². The van der Waals surface area contributed by atoms with Gasteiger partial charge < -0.3 is 10.6 Å². The van der Waals surface area contributed by atoms with Gasteiger partial charge in [-0.3, -0.25) is 14.9 Å². The van der Waals surface area contributed by atoms with Crippen LogP contribution in [0.1, 0.15) is 10.4 Å². The summed E-state index contributed by atoms with van der Waals surface area (Å²) in [4.78, 5) is 32.4. The number of hydrogen-bond acceptors (Lipinski definition) is 4. The molecule has 106 valence electrons. The SMILES string of the molecule is O=Cc1cccc(NC(=O)Nc2ccc([N+](=O)[O-])cc2)c1. The molecule has 2 rings (SSSR count). The quantitative estimate of drug-likeness (QED) is 0.512. The summed E-state index contributed by atoms with van der Waals surface area (Å²) in [5.74, 6) is 0. The van der Waals surface area contributed by atoms with Crippen molar-refractivity contribution in [3.63, 3.8) is 0 Å². The normalized spacial score (nSPS) is 9.71. The number of aldehydes is 1. The second-order valence-electron chi connectivity index (χ2n) is 4.13. The van der Waals surface area contributed by atoms with E-state index in [0.717, 1.165) is 0 Å². The molecule has 2 N–H and O–H groups in total. The van der Waals surface area contributed by atoms with Gasteiger partial charge in [0.2, 0.25) is 0 Å². The molecule has 0 aliphatic rings. The van der Waals surface area contributed by atoms with Gasteiger partial charge in [-0.2, -0.15) is 0 Å². The van der Waals surface area contributed by atoms with Crippen molar-refractivity contribution in [3.05, 3.63) is 64.2 Å². The van der Waals surface area contributed by atoms with Gasteiger partial charge in [-0.1, -0.05) is 12.1 Å². The molecule has 2 aromatic carbocycles. The van der Waals surface area contributed by atoms with Crippen LogP contribution in [0.2, 0.25) is 0 Å². The van der Waals surface area contributed by atoms with E-state index >= 15 is 0 Å². The van der Waals surface area contributed by atoms with Crippen molar-refractivity contribution in [2.45, 2.75) is 0 Å². The summed E-state index contributed by atoms with van der Waals surface area (Å²) in [6, 6.07) is 11.4. The number of non-ortho nitro benzene ring substituents is 1. The highest BCUT2D eigenvalue weighted by Crippen LogP contribution is 2.16. The summed E-state index contributed by atoms with van der Waals surface area (Å²) >= 11 is 0. The molecule has 0 unspecified atom stereocenters. The second-order valence-corrected chi connectivity index (χ2v) is 4.13. The van der Waals surface area contributed by atoms with E-state index in [4.69, 9.17) is 0 Å². The first kappa shape index (κ1) is 14.2. The number of nitrogens with one attached hydrogen (secondary N) is 2. The number of carbonyl (C=O) groups excluding carboxylic acids is 2. The maximum Gasteiger partial charge on any atom is 0.323 e. The third-order valence-corrected chi connectivity index (χ3v) is 2.62. The number of nitro benzene ring substituents is 1. The van der Waals surface area contributed by atoms with Crippen molar-refractivity contribution in [1.29, 1.82) is 0 Å². The molecular formula is C14H11N3O4. The summed E-state index contributed by atoms with van der Waals surface area (Å²) in [6.07, 6.45) is 0.680. The molecule has 2 aromatic rings. The Labute approximate surface area is 119 Å². The summed E-state index contributed by atoms with van der Waals surface area (Å²) in [6.45, 7) is 0. The number of anilines is 2. The maximum atomic E-state index is 11.8. The lowest BCUT2D eigenvalue weighted by molar-refractivity contribution is -0.384. The standard InChI is InChI=1S/C14H11N3O4/c18-9-10-2-1-3-12(8-10)16-14(19)15-11-4-6-13(7-5-11)17(20)21/h1-9H,(H2,15,16,19). The molecule has 2 amide bonds. The Morgan fingerprint density at radius 2 is 1.71 bits per heavy atom. The van der Waals surface area contributed by atoms with Gasteiger partial charge in [-0.25, -0.2) is 4.79 Å². The van der Waals surface area contributed by atoms with E-state index in [2.05, 4.69) is 10.6 Å². The van der Waals surface area contributed by atoms with Crippen LogP contribution in [0.3, 0.4) is 0 Å². The van der Waals surface area contributed by atoms with Crippen molar-refractivity contribution in [2.24, 2.45) is 0 Å². The molecule has 0 saturated carbocycles. The Balaban J connectivity index is 2.00. The topological polar surface area (TPSA) is 101 Å². The lowest BCUT2D eigenvalue weighted by atomic mass is 10.2. The van der Waals surface area contributed by atoms with Gasteiger partial charge in [0, 0.05) is 29.1 Å². The molecule has 21 heavy (non-hydrogen) atoms. The van der Waals surface area contributed by atoms with Crippen LogP contribution in [0.25, 0.3) is 0 Å². The number of rotatable bonds is 4. The molecule has 7 heteroatoms. The largest absolute Gasteiger partial charge is 0.323 e. The van der Waals surface area contributed by atoms with E-state index in [1.165, 1.54) is 30.3 Å². The zero-order valence-electron chi connectivity index (χ0n) is 10.8. The Kier molecular flexibility index (Phi) is 4.25. The average Bonchev–Trinajstić information content (AvgIpc) is 2.47. The van der Waals surface area contributed by atoms with Gasteiger partial charge >= 0.3 is 6.03 Å². The molecule has 7 nitrogen and oxygen atoms in total. The van der Waals surface area contributed by atoms with Gasteiger partial charge in [0.15, 0.2) is 0 Å².